The van der Waals surface area contributed by atoms with Gasteiger partial charge in [-0.1, -0.05) is 79.1 Å². The van der Waals surface area contributed by atoms with E-state index in [9.17, 15) is 18.0 Å². The van der Waals surface area contributed by atoms with Crippen molar-refractivity contribution in [2.45, 2.75) is 84.8 Å². The fourth-order valence-electron chi connectivity index (χ4n) is 4.69. The highest BCUT2D eigenvalue weighted by atomic mass is 32.2. The minimum absolute atomic E-state index is 0.0542. The van der Waals surface area contributed by atoms with Crippen molar-refractivity contribution in [2.75, 3.05) is 10.8 Å². The minimum Gasteiger partial charge on any atom is -0.352 e. The van der Waals surface area contributed by atoms with Crippen LogP contribution in [-0.2, 0) is 26.2 Å². The third-order valence-corrected chi connectivity index (χ3v) is 9.14. The molecule has 0 unspecified atom stereocenters. The normalized spacial score (nSPS) is 12.9. The summed E-state index contributed by atoms with van der Waals surface area (Å²) in [5, 5.41) is 3.01. The van der Waals surface area contributed by atoms with Crippen molar-refractivity contribution in [1.29, 1.82) is 0 Å². The van der Waals surface area contributed by atoms with Crippen molar-refractivity contribution >= 4 is 27.5 Å². The Labute approximate surface area is 245 Å². The molecular weight excluding hydrogens is 534 g/mol. The summed E-state index contributed by atoms with van der Waals surface area (Å²) in [5.74, 6) is -0.700. The van der Waals surface area contributed by atoms with Gasteiger partial charge in [-0.25, -0.2) is 8.42 Å². The third kappa shape index (κ3) is 7.97. The monoisotopic (exact) mass is 577 g/mol. The molecule has 0 bridgehead atoms. The number of anilines is 1. The van der Waals surface area contributed by atoms with Gasteiger partial charge in [0.05, 0.1) is 10.6 Å². The maximum Gasteiger partial charge on any atom is 0.264 e. The first kappa shape index (κ1) is 31.9. The SMILES string of the molecule is CC[C@@H](C)NC(=O)[C@H](CC)N(Cc1ccc(C)cc1)C(=O)CN(c1ccc(C)cc1C)S(=O)(=O)c1ccc(C)cc1. The van der Waals surface area contributed by atoms with Crippen LogP contribution in [0.2, 0.25) is 0 Å². The van der Waals surface area contributed by atoms with Gasteiger partial charge >= 0.3 is 0 Å². The number of rotatable bonds is 12. The van der Waals surface area contributed by atoms with E-state index in [1.807, 2.05) is 84.9 Å². The standard InChI is InChI=1S/C33H43N3O4S/c1-8-27(7)34-33(38)30(9-2)35(21-28-15-10-23(3)11-16-28)32(37)22-36(31-19-14-25(5)20-26(31)6)41(39,40)29-17-12-24(4)13-18-29/h10-20,27,30H,8-9,21-22H2,1-7H3,(H,34,38)/t27-,30+/m1/s1. The lowest BCUT2D eigenvalue weighted by atomic mass is 10.1. The Hall–Kier alpha value is -3.65. The average molecular weight is 578 g/mol. The van der Waals surface area contributed by atoms with Gasteiger partial charge < -0.3 is 10.2 Å². The van der Waals surface area contributed by atoms with Gasteiger partial charge in [-0.05, 0) is 76.8 Å². The lowest BCUT2D eigenvalue weighted by molar-refractivity contribution is -0.140. The summed E-state index contributed by atoms with van der Waals surface area (Å²) in [6.07, 6.45) is 1.14. The molecule has 3 rings (SSSR count). The smallest absolute Gasteiger partial charge is 0.264 e. The Kier molecular flexibility index (Phi) is 10.7. The second-order valence-electron chi connectivity index (χ2n) is 10.9. The van der Waals surface area contributed by atoms with Crippen LogP contribution in [0.3, 0.4) is 0 Å². The summed E-state index contributed by atoms with van der Waals surface area (Å²) in [6, 6.07) is 19.0. The molecular formula is C33H43N3O4S. The molecule has 3 aromatic carbocycles. The number of hydrogen-bond donors (Lipinski definition) is 1. The Morgan fingerprint density at radius 3 is 1.90 bits per heavy atom. The van der Waals surface area contributed by atoms with E-state index in [-0.39, 0.29) is 23.4 Å². The number of sulfonamides is 1. The molecule has 0 saturated carbocycles. The molecule has 0 spiro atoms. The van der Waals surface area contributed by atoms with E-state index in [1.165, 1.54) is 9.21 Å². The van der Waals surface area contributed by atoms with Crippen LogP contribution >= 0.6 is 0 Å². The number of carbonyl (C=O) groups is 2. The van der Waals surface area contributed by atoms with Crippen LogP contribution in [0.25, 0.3) is 0 Å². The maximum absolute atomic E-state index is 14.2. The molecule has 0 heterocycles. The number of benzene rings is 3. The summed E-state index contributed by atoms with van der Waals surface area (Å²) < 4.78 is 29.3. The van der Waals surface area contributed by atoms with E-state index in [0.717, 1.165) is 34.2 Å². The van der Waals surface area contributed by atoms with E-state index in [0.29, 0.717) is 12.1 Å². The van der Waals surface area contributed by atoms with Crippen molar-refractivity contribution < 1.29 is 18.0 Å². The van der Waals surface area contributed by atoms with Crippen LogP contribution in [-0.4, -0.2) is 43.8 Å². The number of hydrogen-bond acceptors (Lipinski definition) is 4. The lowest BCUT2D eigenvalue weighted by Gasteiger charge is -2.34. The first-order chi connectivity index (χ1) is 19.4. The van der Waals surface area contributed by atoms with Gasteiger partial charge in [-0.3, -0.25) is 13.9 Å². The molecule has 0 aliphatic carbocycles. The zero-order chi connectivity index (χ0) is 30.3. The Morgan fingerprint density at radius 1 is 0.805 bits per heavy atom. The van der Waals surface area contributed by atoms with Crippen molar-refractivity contribution in [3.05, 3.63) is 94.5 Å². The molecule has 0 aliphatic heterocycles. The second-order valence-corrected chi connectivity index (χ2v) is 12.7. The highest BCUT2D eigenvalue weighted by molar-refractivity contribution is 7.92. The summed E-state index contributed by atoms with van der Waals surface area (Å²) in [6.45, 7) is 13.1. The van der Waals surface area contributed by atoms with Gasteiger partial charge in [0.15, 0.2) is 0 Å². The number of nitrogens with zero attached hydrogens (tertiary/aromatic N) is 2. The number of nitrogens with one attached hydrogen (secondary N) is 1. The van der Waals surface area contributed by atoms with Gasteiger partial charge in [-0.2, -0.15) is 0 Å². The zero-order valence-corrected chi connectivity index (χ0v) is 26.1. The molecule has 1 N–H and O–H groups in total. The van der Waals surface area contributed by atoms with Crippen LogP contribution in [0.15, 0.2) is 71.6 Å². The fourth-order valence-corrected chi connectivity index (χ4v) is 6.17. The number of amides is 2. The van der Waals surface area contributed by atoms with Gasteiger partial charge in [0, 0.05) is 12.6 Å². The first-order valence-corrected chi connectivity index (χ1v) is 15.6. The van der Waals surface area contributed by atoms with Crippen molar-refractivity contribution in [1.82, 2.24) is 10.2 Å². The first-order valence-electron chi connectivity index (χ1n) is 14.2. The van der Waals surface area contributed by atoms with Crippen LogP contribution in [0, 0.1) is 27.7 Å². The minimum atomic E-state index is -4.10. The quantitative estimate of drug-likeness (QED) is 0.293. The van der Waals surface area contributed by atoms with E-state index in [1.54, 1.807) is 30.3 Å². The van der Waals surface area contributed by atoms with Crippen LogP contribution in [0.1, 0.15) is 61.4 Å². The van der Waals surface area contributed by atoms with Gasteiger partial charge in [0.25, 0.3) is 10.0 Å². The van der Waals surface area contributed by atoms with Crippen LogP contribution in [0.4, 0.5) is 5.69 Å². The topological polar surface area (TPSA) is 86.8 Å². The molecule has 220 valence electrons. The third-order valence-electron chi connectivity index (χ3n) is 7.37. The van der Waals surface area contributed by atoms with Crippen molar-refractivity contribution in [3.63, 3.8) is 0 Å². The molecule has 0 radical (unpaired) electrons. The van der Waals surface area contributed by atoms with Gasteiger partial charge in [0.2, 0.25) is 11.8 Å². The molecule has 0 fully saturated rings. The number of aryl methyl sites for hydroxylation is 4. The second kappa shape index (κ2) is 13.8. The highest BCUT2D eigenvalue weighted by Gasteiger charge is 2.34. The fraction of sp³-hybridized carbons (Fsp3) is 0.394. The molecule has 2 amide bonds. The molecule has 3 aromatic rings. The molecule has 2 atom stereocenters. The van der Waals surface area contributed by atoms with E-state index < -0.39 is 28.5 Å². The summed E-state index contributed by atoms with van der Waals surface area (Å²) in [5.41, 5.74) is 5.02. The predicted molar refractivity (Wildman–Crippen MR) is 165 cm³/mol. The molecule has 0 aliphatic rings. The van der Waals surface area contributed by atoms with Crippen molar-refractivity contribution in [3.8, 4) is 0 Å². The molecule has 0 aromatic heterocycles. The summed E-state index contributed by atoms with van der Waals surface area (Å²) in [7, 11) is -4.10. The lowest BCUT2D eigenvalue weighted by Crippen LogP contribution is -2.53. The average Bonchev–Trinajstić information content (AvgIpc) is 2.93. The van der Waals surface area contributed by atoms with Crippen molar-refractivity contribution in [2.24, 2.45) is 0 Å². The predicted octanol–water partition coefficient (Wildman–Crippen LogP) is 5.84. The molecule has 41 heavy (non-hydrogen) atoms. The largest absolute Gasteiger partial charge is 0.352 e. The summed E-state index contributed by atoms with van der Waals surface area (Å²) in [4.78, 5) is 29.2. The molecule has 7 nitrogen and oxygen atoms in total. The Morgan fingerprint density at radius 2 is 1.37 bits per heavy atom. The molecule has 8 heteroatoms. The highest BCUT2D eigenvalue weighted by Crippen LogP contribution is 2.28. The zero-order valence-electron chi connectivity index (χ0n) is 25.3. The van der Waals surface area contributed by atoms with Crippen LogP contribution < -0.4 is 9.62 Å². The summed E-state index contributed by atoms with van der Waals surface area (Å²) >= 11 is 0. The Bertz CT molecular complexity index is 1450. The van der Waals surface area contributed by atoms with Gasteiger partial charge in [-0.15, -0.1) is 0 Å². The molecule has 0 saturated heterocycles. The van der Waals surface area contributed by atoms with E-state index in [2.05, 4.69) is 5.32 Å². The van der Waals surface area contributed by atoms with E-state index >= 15 is 0 Å². The number of carbonyl (C=O) groups excluding carboxylic acids is 2. The van der Waals surface area contributed by atoms with Crippen LogP contribution in [0.5, 0.6) is 0 Å². The Balaban J connectivity index is 2.09. The van der Waals surface area contributed by atoms with E-state index in [4.69, 9.17) is 0 Å². The maximum atomic E-state index is 14.2. The van der Waals surface area contributed by atoms with Gasteiger partial charge in [0.1, 0.15) is 12.6 Å².